The number of hydrogen-bond acceptors (Lipinski definition) is 2. The van der Waals surface area contributed by atoms with Crippen molar-refractivity contribution in [3.63, 3.8) is 0 Å². The molecule has 1 aliphatic heterocycles. The summed E-state index contributed by atoms with van der Waals surface area (Å²) in [6.07, 6.45) is 1.49. The first-order valence-electron chi connectivity index (χ1n) is 7.64. The minimum Gasteiger partial charge on any atom is -0.354 e. The van der Waals surface area contributed by atoms with E-state index in [0.717, 1.165) is 24.0 Å². The number of aryl methyl sites for hydroxylation is 1. The topological polar surface area (TPSA) is 49.4 Å². The van der Waals surface area contributed by atoms with E-state index in [1.807, 2.05) is 49.9 Å². The van der Waals surface area contributed by atoms with Gasteiger partial charge < -0.3 is 10.2 Å². The first kappa shape index (κ1) is 15.5. The van der Waals surface area contributed by atoms with Crippen LogP contribution < -0.4 is 5.32 Å². The van der Waals surface area contributed by atoms with Gasteiger partial charge in [0.25, 0.3) is 5.91 Å². The number of hydrogen-bond donors (Lipinski definition) is 1. The van der Waals surface area contributed by atoms with Gasteiger partial charge in [0.15, 0.2) is 0 Å². The van der Waals surface area contributed by atoms with Crippen LogP contribution in [0.25, 0.3) is 0 Å². The van der Waals surface area contributed by atoms with Gasteiger partial charge >= 0.3 is 0 Å². The van der Waals surface area contributed by atoms with Gasteiger partial charge in [0.1, 0.15) is 0 Å². The lowest BCUT2D eigenvalue weighted by molar-refractivity contribution is -0.126. The van der Waals surface area contributed by atoms with Crippen LogP contribution in [0, 0.1) is 12.8 Å². The van der Waals surface area contributed by atoms with Crippen LogP contribution >= 0.6 is 0 Å². The Labute approximate surface area is 126 Å². The van der Waals surface area contributed by atoms with Gasteiger partial charge in [0.05, 0.1) is 0 Å². The molecule has 0 aromatic heterocycles. The molecule has 1 aromatic carbocycles. The lowest BCUT2D eigenvalue weighted by atomic mass is 9.95. The molecular formula is C17H24N2O2. The highest BCUT2D eigenvalue weighted by molar-refractivity contribution is 5.95. The van der Waals surface area contributed by atoms with Crippen LogP contribution in [0.1, 0.15) is 42.6 Å². The zero-order valence-electron chi connectivity index (χ0n) is 13.1. The van der Waals surface area contributed by atoms with Gasteiger partial charge in [-0.2, -0.15) is 0 Å². The normalized spacial score (nSPS) is 16.1. The maximum absolute atomic E-state index is 12.5. The molecule has 0 bridgehead atoms. The van der Waals surface area contributed by atoms with Crippen LogP contribution in [0.15, 0.2) is 24.3 Å². The van der Waals surface area contributed by atoms with Gasteiger partial charge in [-0.25, -0.2) is 0 Å². The first-order valence-corrected chi connectivity index (χ1v) is 7.64. The second kappa shape index (κ2) is 6.74. The Morgan fingerprint density at radius 2 is 1.81 bits per heavy atom. The fourth-order valence-corrected chi connectivity index (χ4v) is 2.73. The fourth-order valence-electron chi connectivity index (χ4n) is 2.73. The lowest BCUT2D eigenvalue weighted by Gasteiger charge is -2.32. The quantitative estimate of drug-likeness (QED) is 0.928. The largest absolute Gasteiger partial charge is 0.354 e. The van der Waals surface area contributed by atoms with E-state index in [0.29, 0.717) is 13.1 Å². The number of amides is 2. The van der Waals surface area contributed by atoms with Crippen molar-refractivity contribution in [3.8, 4) is 0 Å². The molecule has 1 saturated heterocycles. The second-order valence-corrected chi connectivity index (χ2v) is 6.04. The second-order valence-electron chi connectivity index (χ2n) is 6.04. The van der Waals surface area contributed by atoms with Crippen LogP contribution in [0.5, 0.6) is 0 Å². The number of rotatable bonds is 3. The summed E-state index contributed by atoms with van der Waals surface area (Å²) in [5.74, 6) is 0.233. The molecule has 1 aromatic rings. The van der Waals surface area contributed by atoms with Crippen molar-refractivity contribution in [2.75, 3.05) is 13.1 Å². The summed E-state index contributed by atoms with van der Waals surface area (Å²) in [4.78, 5) is 26.4. The highest BCUT2D eigenvalue weighted by atomic mass is 16.2. The summed E-state index contributed by atoms with van der Waals surface area (Å²) in [5.41, 5.74) is 1.77. The molecule has 1 fully saturated rings. The van der Waals surface area contributed by atoms with E-state index < -0.39 is 0 Å². The van der Waals surface area contributed by atoms with E-state index in [4.69, 9.17) is 0 Å². The molecule has 1 aliphatic rings. The number of nitrogens with one attached hydrogen (secondary N) is 1. The van der Waals surface area contributed by atoms with Crippen molar-refractivity contribution in [2.24, 2.45) is 5.92 Å². The SMILES string of the molecule is Cc1ccccc1C(=O)N1CCC(C(=O)NC(C)C)CC1. The molecule has 0 atom stereocenters. The Morgan fingerprint density at radius 3 is 2.38 bits per heavy atom. The summed E-state index contributed by atoms with van der Waals surface area (Å²) in [6.45, 7) is 7.20. The third kappa shape index (κ3) is 3.84. The Morgan fingerprint density at radius 1 is 1.19 bits per heavy atom. The molecule has 0 spiro atoms. The van der Waals surface area contributed by atoms with E-state index in [9.17, 15) is 9.59 Å². The molecule has 4 nitrogen and oxygen atoms in total. The summed E-state index contributed by atoms with van der Waals surface area (Å²) in [5, 5.41) is 2.95. The molecule has 2 amide bonds. The van der Waals surface area contributed by atoms with Crippen LogP contribution in [0.2, 0.25) is 0 Å². The summed E-state index contributed by atoms with van der Waals surface area (Å²) in [6, 6.07) is 7.83. The third-order valence-corrected chi connectivity index (χ3v) is 3.96. The molecule has 1 N–H and O–H groups in total. The molecule has 114 valence electrons. The summed E-state index contributed by atoms with van der Waals surface area (Å²) in [7, 11) is 0. The molecule has 0 unspecified atom stereocenters. The molecule has 4 heteroatoms. The van der Waals surface area contributed by atoms with Crippen LogP contribution in [-0.2, 0) is 4.79 Å². The van der Waals surface area contributed by atoms with Gasteiger partial charge in [-0.15, -0.1) is 0 Å². The maximum atomic E-state index is 12.5. The number of piperidine rings is 1. The summed E-state index contributed by atoms with van der Waals surface area (Å²) >= 11 is 0. The van der Waals surface area contributed by atoms with Gasteiger partial charge in [-0.3, -0.25) is 9.59 Å². The van der Waals surface area contributed by atoms with E-state index in [1.54, 1.807) is 0 Å². The zero-order valence-corrected chi connectivity index (χ0v) is 13.1. The number of benzene rings is 1. The zero-order chi connectivity index (χ0) is 15.4. The number of nitrogens with zero attached hydrogens (tertiary/aromatic N) is 1. The van der Waals surface area contributed by atoms with Crippen LogP contribution in [-0.4, -0.2) is 35.8 Å². The first-order chi connectivity index (χ1) is 9.99. The van der Waals surface area contributed by atoms with Crippen LogP contribution in [0.4, 0.5) is 0 Å². The lowest BCUT2D eigenvalue weighted by Crippen LogP contribution is -2.44. The Balaban J connectivity index is 1.94. The van der Waals surface area contributed by atoms with Gasteiger partial charge in [0, 0.05) is 30.6 Å². The Bertz CT molecular complexity index is 517. The predicted octanol–water partition coefficient (Wildman–Crippen LogP) is 2.37. The molecule has 0 aliphatic carbocycles. The van der Waals surface area contributed by atoms with Crippen molar-refractivity contribution in [3.05, 3.63) is 35.4 Å². The van der Waals surface area contributed by atoms with Crippen molar-refractivity contribution in [2.45, 2.75) is 39.7 Å². The number of carbonyl (C=O) groups is 2. The van der Waals surface area contributed by atoms with Crippen molar-refractivity contribution < 1.29 is 9.59 Å². The van der Waals surface area contributed by atoms with Crippen molar-refractivity contribution in [1.82, 2.24) is 10.2 Å². The average molecular weight is 288 g/mol. The highest BCUT2D eigenvalue weighted by Crippen LogP contribution is 2.20. The molecule has 0 radical (unpaired) electrons. The van der Waals surface area contributed by atoms with E-state index in [-0.39, 0.29) is 23.8 Å². The third-order valence-electron chi connectivity index (χ3n) is 3.96. The van der Waals surface area contributed by atoms with E-state index in [1.165, 1.54) is 0 Å². The smallest absolute Gasteiger partial charge is 0.254 e. The fraction of sp³-hybridized carbons (Fsp3) is 0.529. The number of carbonyl (C=O) groups excluding carboxylic acids is 2. The molecule has 21 heavy (non-hydrogen) atoms. The minimum atomic E-state index is 0.0355. The Kier molecular flexibility index (Phi) is 4.99. The van der Waals surface area contributed by atoms with Gasteiger partial charge in [-0.05, 0) is 45.2 Å². The highest BCUT2D eigenvalue weighted by Gasteiger charge is 2.28. The Hall–Kier alpha value is -1.84. The van der Waals surface area contributed by atoms with E-state index >= 15 is 0 Å². The van der Waals surface area contributed by atoms with Crippen LogP contribution in [0.3, 0.4) is 0 Å². The molecular weight excluding hydrogens is 264 g/mol. The number of likely N-dealkylation sites (tertiary alicyclic amines) is 1. The van der Waals surface area contributed by atoms with Gasteiger partial charge in [-0.1, -0.05) is 18.2 Å². The maximum Gasteiger partial charge on any atom is 0.254 e. The molecule has 1 heterocycles. The monoisotopic (exact) mass is 288 g/mol. The van der Waals surface area contributed by atoms with Gasteiger partial charge in [0.2, 0.25) is 5.91 Å². The van der Waals surface area contributed by atoms with Crippen molar-refractivity contribution in [1.29, 1.82) is 0 Å². The van der Waals surface area contributed by atoms with E-state index in [2.05, 4.69) is 5.32 Å². The predicted molar refractivity (Wildman–Crippen MR) is 83.1 cm³/mol. The average Bonchev–Trinajstić information content (AvgIpc) is 2.46. The standard InChI is InChI=1S/C17H24N2O2/c1-12(2)18-16(20)14-8-10-19(11-9-14)17(21)15-7-5-4-6-13(15)3/h4-7,12,14H,8-11H2,1-3H3,(H,18,20). The molecule has 2 rings (SSSR count). The molecule has 0 saturated carbocycles. The summed E-state index contributed by atoms with van der Waals surface area (Å²) < 4.78 is 0. The minimum absolute atomic E-state index is 0.0355. The van der Waals surface area contributed by atoms with Crippen molar-refractivity contribution >= 4 is 11.8 Å².